The number of nitrogens with zero attached hydrogens (tertiary/aromatic N) is 1. The Morgan fingerprint density at radius 3 is 2.58 bits per heavy atom. The first kappa shape index (κ1) is 9.92. The molecule has 1 saturated heterocycles. The van der Waals surface area contributed by atoms with E-state index in [4.69, 9.17) is 0 Å². The van der Waals surface area contributed by atoms with Gasteiger partial charge in [-0.3, -0.25) is 4.90 Å². The molecular formula is C8H17NO3. The van der Waals surface area contributed by atoms with Gasteiger partial charge in [0.15, 0.2) is 0 Å². The first-order chi connectivity index (χ1) is 5.65. The largest absolute Gasteiger partial charge is 0.390 e. The Bertz CT molecular complexity index is 142. The number of aliphatic hydroxyl groups is 3. The standard InChI is InChI=1S/C8H17NO3/c1-2-8(12)9-4-3-6(10)7(11)5-9/h6-8,10-12H,2-5H2,1H3. The molecule has 1 aliphatic rings. The lowest BCUT2D eigenvalue weighted by Crippen LogP contribution is -2.50. The third-order valence-corrected chi connectivity index (χ3v) is 2.36. The summed E-state index contributed by atoms with van der Waals surface area (Å²) < 4.78 is 0. The van der Waals surface area contributed by atoms with Gasteiger partial charge in [-0.05, 0) is 12.8 Å². The molecule has 0 aliphatic carbocycles. The van der Waals surface area contributed by atoms with Crippen molar-refractivity contribution >= 4 is 0 Å². The summed E-state index contributed by atoms with van der Waals surface area (Å²) >= 11 is 0. The van der Waals surface area contributed by atoms with Gasteiger partial charge in [-0.25, -0.2) is 0 Å². The van der Waals surface area contributed by atoms with Gasteiger partial charge in [0.1, 0.15) is 6.23 Å². The molecule has 0 spiro atoms. The molecule has 0 aromatic heterocycles. The van der Waals surface area contributed by atoms with E-state index in [-0.39, 0.29) is 0 Å². The lowest BCUT2D eigenvalue weighted by molar-refractivity contribution is -0.0911. The number of rotatable bonds is 2. The van der Waals surface area contributed by atoms with Crippen LogP contribution in [0.4, 0.5) is 0 Å². The van der Waals surface area contributed by atoms with Gasteiger partial charge in [0.25, 0.3) is 0 Å². The Kier molecular flexibility index (Phi) is 3.46. The summed E-state index contributed by atoms with van der Waals surface area (Å²) in [5, 5.41) is 27.9. The van der Waals surface area contributed by atoms with Crippen LogP contribution in [0.3, 0.4) is 0 Å². The van der Waals surface area contributed by atoms with E-state index < -0.39 is 18.4 Å². The molecule has 0 bridgehead atoms. The van der Waals surface area contributed by atoms with Crippen LogP contribution in [0.2, 0.25) is 0 Å². The summed E-state index contributed by atoms with van der Waals surface area (Å²) in [4.78, 5) is 1.79. The Labute approximate surface area is 72.4 Å². The number of hydrogen-bond acceptors (Lipinski definition) is 4. The van der Waals surface area contributed by atoms with Crippen LogP contribution in [0.15, 0.2) is 0 Å². The van der Waals surface area contributed by atoms with Crippen molar-refractivity contribution in [2.45, 2.75) is 38.2 Å². The smallest absolute Gasteiger partial charge is 0.107 e. The Balaban J connectivity index is 2.39. The highest BCUT2D eigenvalue weighted by atomic mass is 16.3. The zero-order chi connectivity index (χ0) is 9.14. The number of aliphatic hydroxyl groups excluding tert-OH is 3. The molecule has 3 unspecified atom stereocenters. The van der Waals surface area contributed by atoms with E-state index in [9.17, 15) is 15.3 Å². The summed E-state index contributed by atoms with van der Waals surface area (Å²) in [7, 11) is 0. The lowest BCUT2D eigenvalue weighted by Gasteiger charge is -2.35. The van der Waals surface area contributed by atoms with Crippen LogP contribution in [0.1, 0.15) is 19.8 Å². The second-order valence-corrected chi connectivity index (χ2v) is 3.31. The van der Waals surface area contributed by atoms with Gasteiger partial charge >= 0.3 is 0 Å². The molecular weight excluding hydrogens is 158 g/mol. The van der Waals surface area contributed by atoms with Crippen molar-refractivity contribution in [2.75, 3.05) is 13.1 Å². The fourth-order valence-corrected chi connectivity index (χ4v) is 1.47. The van der Waals surface area contributed by atoms with Gasteiger partial charge in [-0.1, -0.05) is 6.92 Å². The molecule has 4 nitrogen and oxygen atoms in total. The summed E-state index contributed by atoms with van der Waals surface area (Å²) in [6, 6.07) is 0. The highest BCUT2D eigenvalue weighted by molar-refractivity contribution is 4.79. The minimum Gasteiger partial charge on any atom is -0.390 e. The normalized spacial score (nSPS) is 35.0. The van der Waals surface area contributed by atoms with E-state index in [1.807, 2.05) is 6.92 Å². The lowest BCUT2D eigenvalue weighted by atomic mass is 10.0. The van der Waals surface area contributed by atoms with Crippen molar-refractivity contribution in [3.63, 3.8) is 0 Å². The van der Waals surface area contributed by atoms with Gasteiger partial charge in [0.05, 0.1) is 12.2 Å². The Hall–Kier alpha value is -0.160. The monoisotopic (exact) mass is 175 g/mol. The van der Waals surface area contributed by atoms with Gasteiger partial charge < -0.3 is 15.3 Å². The maximum Gasteiger partial charge on any atom is 0.107 e. The van der Waals surface area contributed by atoms with Crippen molar-refractivity contribution in [3.8, 4) is 0 Å². The highest BCUT2D eigenvalue weighted by Crippen LogP contribution is 2.13. The number of hydrogen-bond donors (Lipinski definition) is 3. The summed E-state index contributed by atoms with van der Waals surface area (Å²) in [5.74, 6) is 0. The van der Waals surface area contributed by atoms with Crippen LogP contribution in [0, 0.1) is 0 Å². The molecule has 72 valence electrons. The molecule has 1 aliphatic heterocycles. The van der Waals surface area contributed by atoms with Crippen LogP contribution < -0.4 is 0 Å². The van der Waals surface area contributed by atoms with Crippen molar-refractivity contribution in [1.82, 2.24) is 4.90 Å². The minimum atomic E-state index is -0.708. The molecule has 1 heterocycles. The van der Waals surface area contributed by atoms with Gasteiger partial charge in [-0.2, -0.15) is 0 Å². The molecule has 3 atom stereocenters. The van der Waals surface area contributed by atoms with E-state index in [0.29, 0.717) is 25.9 Å². The van der Waals surface area contributed by atoms with E-state index >= 15 is 0 Å². The zero-order valence-electron chi connectivity index (χ0n) is 7.35. The summed E-state index contributed by atoms with van der Waals surface area (Å²) in [6.45, 7) is 2.92. The fraction of sp³-hybridized carbons (Fsp3) is 1.00. The van der Waals surface area contributed by atoms with Crippen molar-refractivity contribution in [2.24, 2.45) is 0 Å². The van der Waals surface area contributed by atoms with E-state index in [1.54, 1.807) is 4.90 Å². The van der Waals surface area contributed by atoms with Gasteiger partial charge in [0.2, 0.25) is 0 Å². The molecule has 0 saturated carbocycles. The van der Waals surface area contributed by atoms with Crippen LogP contribution in [-0.4, -0.2) is 51.7 Å². The minimum absolute atomic E-state index is 0.371. The Morgan fingerprint density at radius 2 is 2.08 bits per heavy atom. The second kappa shape index (κ2) is 4.18. The predicted molar refractivity (Wildman–Crippen MR) is 44.5 cm³/mol. The van der Waals surface area contributed by atoms with Crippen LogP contribution in [0.25, 0.3) is 0 Å². The van der Waals surface area contributed by atoms with E-state index in [1.165, 1.54) is 0 Å². The highest BCUT2D eigenvalue weighted by Gasteiger charge is 2.28. The average molecular weight is 175 g/mol. The molecule has 12 heavy (non-hydrogen) atoms. The van der Waals surface area contributed by atoms with E-state index in [2.05, 4.69) is 0 Å². The van der Waals surface area contributed by atoms with Crippen LogP contribution in [-0.2, 0) is 0 Å². The summed E-state index contributed by atoms with van der Waals surface area (Å²) in [5.41, 5.74) is 0. The molecule has 1 fully saturated rings. The molecule has 0 radical (unpaired) electrons. The number of likely N-dealkylation sites (tertiary alicyclic amines) is 1. The third kappa shape index (κ3) is 2.17. The zero-order valence-corrected chi connectivity index (χ0v) is 7.35. The molecule has 0 aromatic rings. The summed E-state index contributed by atoms with van der Waals surface area (Å²) in [6.07, 6.45) is -0.612. The fourth-order valence-electron chi connectivity index (χ4n) is 1.47. The second-order valence-electron chi connectivity index (χ2n) is 3.31. The van der Waals surface area contributed by atoms with Crippen LogP contribution in [0.5, 0.6) is 0 Å². The van der Waals surface area contributed by atoms with Crippen molar-refractivity contribution in [3.05, 3.63) is 0 Å². The average Bonchev–Trinajstić information content (AvgIpc) is 2.08. The van der Waals surface area contributed by atoms with Gasteiger partial charge in [-0.15, -0.1) is 0 Å². The molecule has 4 heteroatoms. The first-order valence-corrected chi connectivity index (χ1v) is 4.43. The number of piperidine rings is 1. The molecule has 3 N–H and O–H groups in total. The molecule has 1 rings (SSSR count). The maximum absolute atomic E-state index is 9.42. The quantitative estimate of drug-likeness (QED) is 0.511. The van der Waals surface area contributed by atoms with Crippen molar-refractivity contribution < 1.29 is 15.3 Å². The Morgan fingerprint density at radius 1 is 1.42 bits per heavy atom. The SMILES string of the molecule is CCC(O)N1CCC(O)C(O)C1. The topological polar surface area (TPSA) is 63.9 Å². The molecule has 0 aromatic carbocycles. The molecule has 0 amide bonds. The van der Waals surface area contributed by atoms with Crippen molar-refractivity contribution in [1.29, 1.82) is 0 Å². The number of β-amino-alcohol motifs (C(OH)–C–C–N with tert-alkyl or cyclic N) is 1. The van der Waals surface area contributed by atoms with E-state index in [0.717, 1.165) is 0 Å². The maximum atomic E-state index is 9.42. The van der Waals surface area contributed by atoms with Gasteiger partial charge in [0, 0.05) is 13.1 Å². The van der Waals surface area contributed by atoms with Crippen LogP contribution >= 0.6 is 0 Å². The third-order valence-electron chi connectivity index (χ3n) is 2.36. The first-order valence-electron chi connectivity index (χ1n) is 4.43. The predicted octanol–water partition coefficient (Wildman–Crippen LogP) is -0.858.